The summed E-state index contributed by atoms with van der Waals surface area (Å²) < 4.78 is 38.3. The second-order valence-electron chi connectivity index (χ2n) is 6.44. The van der Waals surface area contributed by atoms with Crippen molar-refractivity contribution < 1.29 is 23.0 Å². The molecule has 2 atom stereocenters. The number of hydrogen-bond acceptors (Lipinski definition) is 3. The van der Waals surface area contributed by atoms with Crippen LogP contribution in [0.4, 0.5) is 13.6 Å². The van der Waals surface area contributed by atoms with E-state index in [-0.39, 0.29) is 6.10 Å². The van der Waals surface area contributed by atoms with Crippen molar-refractivity contribution in [1.29, 1.82) is 0 Å². The first kappa shape index (κ1) is 16.5. The lowest BCUT2D eigenvalue weighted by Gasteiger charge is -2.29. The predicted octanol–water partition coefficient (Wildman–Crippen LogP) is 3.49. The van der Waals surface area contributed by atoms with Crippen molar-refractivity contribution in [2.75, 3.05) is 6.61 Å². The summed E-state index contributed by atoms with van der Waals surface area (Å²) in [6, 6.07) is -0.619. The lowest BCUT2D eigenvalue weighted by molar-refractivity contribution is -0.155. The fourth-order valence-corrected chi connectivity index (χ4v) is 3.16. The van der Waals surface area contributed by atoms with Crippen molar-refractivity contribution in [3.8, 4) is 0 Å². The van der Waals surface area contributed by atoms with E-state index in [2.05, 4.69) is 5.32 Å². The summed E-state index contributed by atoms with van der Waals surface area (Å²) in [7, 11) is 0. The molecule has 1 aliphatic carbocycles. The first-order valence-electron chi connectivity index (χ1n) is 7.85. The maximum atomic E-state index is 14.2. The van der Waals surface area contributed by atoms with Gasteiger partial charge in [-0.2, -0.15) is 8.78 Å². The molecule has 6 heteroatoms. The van der Waals surface area contributed by atoms with Gasteiger partial charge in [-0.25, -0.2) is 4.79 Å². The lowest BCUT2D eigenvalue weighted by Crippen LogP contribution is -2.47. The number of carbonyl (C=O) groups is 1. The SMILES string of the molecule is CC(C)OCC(F)(F)[C@@H]1OC(=O)N[C@H]1CC1CCCCC1. The van der Waals surface area contributed by atoms with Crippen LogP contribution in [-0.2, 0) is 9.47 Å². The third kappa shape index (κ3) is 4.53. The Bertz CT molecular complexity index is 357. The number of ether oxygens (including phenoxy) is 2. The summed E-state index contributed by atoms with van der Waals surface area (Å²) >= 11 is 0. The number of cyclic esters (lactones) is 1. The van der Waals surface area contributed by atoms with Crippen molar-refractivity contribution in [3.63, 3.8) is 0 Å². The molecule has 1 aliphatic heterocycles. The van der Waals surface area contributed by atoms with Crippen molar-refractivity contribution in [1.82, 2.24) is 5.32 Å². The highest BCUT2D eigenvalue weighted by Gasteiger charge is 2.52. The van der Waals surface area contributed by atoms with Gasteiger partial charge >= 0.3 is 12.0 Å². The molecule has 0 aromatic rings. The quantitative estimate of drug-likeness (QED) is 0.817. The van der Waals surface area contributed by atoms with Gasteiger partial charge in [0.25, 0.3) is 0 Å². The first-order chi connectivity index (χ1) is 9.88. The molecule has 1 saturated carbocycles. The van der Waals surface area contributed by atoms with Crippen LogP contribution in [0.25, 0.3) is 0 Å². The molecule has 0 aromatic carbocycles. The van der Waals surface area contributed by atoms with E-state index in [1.54, 1.807) is 13.8 Å². The maximum Gasteiger partial charge on any atom is 0.408 e. The first-order valence-corrected chi connectivity index (χ1v) is 7.85. The van der Waals surface area contributed by atoms with Crippen molar-refractivity contribution >= 4 is 6.09 Å². The van der Waals surface area contributed by atoms with Crippen LogP contribution in [0.15, 0.2) is 0 Å². The number of amides is 1. The fraction of sp³-hybridized carbons (Fsp3) is 0.933. The molecular formula is C15H25F2NO3. The number of rotatable bonds is 6. The highest BCUT2D eigenvalue weighted by atomic mass is 19.3. The van der Waals surface area contributed by atoms with Crippen LogP contribution >= 0.6 is 0 Å². The Morgan fingerprint density at radius 2 is 2.00 bits per heavy atom. The van der Waals surface area contributed by atoms with Gasteiger partial charge in [0, 0.05) is 0 Å². The topological polar surface area (TPSA) is 47.6 Å². The van der Waals surface area contributed by atoms with Gasteiger partial charge in [-0.15, -0.1) is 0 Å². The number of halogens is 2. The van der Waals surface area contributed by atoms with Gasteiger partial charge in [-0.05, 0) is 26.2 Å². The summed E-state index contributed by atoms with van der Waals surface area (Å²) in [5.74, 6) is -2.77. The predicted molar refractivity (Wildman–Crippen MR) is 74.4 cm³/mol. The van der Waals surface area contributed by atoms with E-state index < -0.39 is 30.8 Å². The van der Waals surface area contributed by atoms with Gasteiger partial charge in [0.1, 0.15) is 6.61 Å². The number of carbonyl (C=O) groups excluding carboxylic acids is 1. The van der Waals surface area contributed by atoms with Gasteiger partial charge in [-0.1, -0.05) is 32.1 Å². The Balaban J connectivity index is 1.96. The second-order valence-corrected chi connectivity index (χ2v) is 6.44. The molecule has 0 unspecified atom stereocenters. The molecule has 0 spiro atoms. The van der Waals surface area contributed by atoms with Crippen LogP contribution in [0, 0.1) is 5.92 Å². The lowest BCUT2D eigenvalue weighted by atomic mass is 9.83. The van der Waals surface area contributed by atoms with E-state index in [1.165, 1.54) is 6.42 Å². The zero-order valence-corrected chi connectivity index (χ0v) is 12.7. The van der Waals surface area contributed by atoms with Crippen LogP contribution in [0.5, 0.6) is 0 Å². The Labute approximate surface area is 124 Å². The van der Waals surface area contributed by atoms with Crippen LogP contribution in [0.3, 0.4) is 0 Å². The molecule has 2 fully saturated rings. The number of alkyl carbamates (subject to hydrolysis) is 1. The zero-order valence-electron chi connectivity index (χ0n) is 12.7. The average Bonchev–Trinajstić information content (AvgIpc) is 2.79. The minimum absolute atomic E-state index is 0.280. The molecule has 1 N–H and O–H groups in total. The third-order valence-corrected chi connectivity index (χ3v) is 4.24. The van der Waals surface area contributed by atoms with Crippen LogP contribution in [0.2, 0.25) is 0 Å². The molecule has 1 saturated heterocycles. The standard InChI is InChI=1S/C15H25F2NO3/c1-10(2)20-9-15(16,17)13-12(18-14(19)21-13)8-11-6-4-3-5-7-11/h10-13H,3-9H2,1-2H3,(H,18,19)/t12-,13+/m0/s1. The Morgan fingerprint density at radius 3 is 2.62 bits per heavy atom. The van der Waals surface area contributed by atoms with Gasteiger partial charge < -0.3 is 14.8 Å². The van der Waals surface area contributed by atoms with Crippen molar-refractivity contribution in [2.24, 2.45) is 5.92 Å². The van der Waals surface area contributed by atoms with Gasteiger partial charge in [0.05, 0.1) is 12.1 Å². The van der Waals surface area contributed by atoms with Crippen LogP contribution < -0.4 is 5.32 Å². The van der Waals surface area contributed by atoms with Crippen molar-refractivity contribution in [3.05, 3.63) is 0 Å². The molecule has 0 aromatic heterocycles. The molecule has 1 amide bonds. The molecule has 2 aliphatic rings. The minimum Gasteiger partial charge on any atom is -0.437 e. The summed E-state index contributed by atoms with van der Waals surface area (Å²) in [4.78, 5) is 11.4. The molecule has 0 radical (unpaired) electrons. The number of hydrogen-bond donors (Lipinski definition) is 1. The average molecular weight is 305 g/mol. The smallest absolute Gasteiger partial charge is 0.408 e. The highest BCUT2D eigenvalue weighted by molar-refractivity contribution is 5.70. The molecule has 0 bridgehead atoms. The number of alkyl halides is 2. The second kappa shape index (κ2) is 6.90. The Kier molecular flexibility index (Phi) is 5.41. The summed E-state index contributed by atoms with van der Waals surface area (Å²) in [6.07, 6.45) is 3.71. The minimum atomic E-state index is -3.16. The highest BCUT2D eigenvalue weighted by Crippen LogP contribution is 2.34. The number of nitrogens with one attached hydrogen (secondary N) is 1. The van der Waals surface area contributed by atoms with E-state index >= 15 is 0 Å². The normalized spacial score (nSPS) is 27.8. The van der Waals surface area contributed by atoms with Crippen LogP contribution in [0.1, 0.15) is 52.4 Å². The van der Waals surface area contributed by atoms with E-state index in [4.69, 9.17) is 9.47 Å². The molecule has 21 heavy (non-hydrogen) atoms. The van der Waals surface area contributed by atoms with Gasteiger partial charge in [0.15, 0.2) is 6.10 Å². The molecule has 4 nitrogen and oxygen atoms in total. The van der Waals surface area contributed by atoms with Gasteiger partial charge in [-0.3, -0.25) is 0 Å². The van der Waals surface area contributed by atoms with E-state index in [0.29, 0.717) is 12.3 Å². The van der Waals surface area contributed by atoms with E-state index in [9.17, 15) is 13.6 Å². The van der Waals surface area contributed by atoms with Crippen LogP contribution in [-0.4, -0.2) is 36.9 Å². The Morgan fingerprint density at radius 1 is 1.33 bits per heavy atom. The van der Waals surface area contributed by atoms with Gasteiger partial charge in [0.2, 0.25) is 0 Å². The summed E-state index contributed by atoms with van der Waals surface area (Å²) in [6.45, 7) is 2.69. The summed E-state index contributed by atoms with van der Waals surface area (Å²) in [5.41, 5.74) is 0. The summed E-state index contributed by atoms with van der Waals surface area (Å²) in [5, 5.41) is 2.55. The molecular weight excluding hydrogens is 280 g/mol. The maximum absolute atomic E-state index is 14.2. The fourth-order valence-electron chi connectivity index (χ4n) is 3.16. The third-order valence-electron chi connectivity index (χ3n) is 4.24. The largest absolute Gasteiger partial charge is 0.437 e. The van der Waals surface area contributed by atoms with E-state index in [1.807, 2.05) is 0 Å². The molecule has 122 valence electrons. The Hall–Kier alpha value is -0.910. The molecule has 2 rings (SSSR count). The van der Waals surface area contributed by atoms with E-state index in [0.717, 1.165) is 25.7 Å². The van der Waals surface area contributed by atoms with Crippen molar-refractivity contribution in [2.45, 2.75) is 76.5 Å². The molecule has 1 heterocycles. The zero-order chi connectivity index (χ0) is 15.5. The monoisotopic (exact) mass is 305 g/mol.